The van der Waals surface area contributed by atoms with Crippen LogP contribution in [0, 0.1) is 13.8 Å². The number of imidazole rings is 1. The Kier molecular flexibility index (Phi) is 8.06. The molecule has 0 spiro atoms. The van der Waals surface area contributed by atoms with Crippen molar-refractivity contribution in [3.63, 3.8) is 0 Å². The largest absolute Gasteiger partial charge is 0.505 e. The molecule has 2 aromatic heterocycles. The number of amides is 1. The number of ketones is 1. The normalized spacial score (nSPS) is 17.1. The van der Waals surface area contributed by atoms with Gasteiger partial charge in [-0.1, -0.05) is 26.0 Å². The number of nitrogens with zero attached hydrogens (tertiary/aromatic N) is 4. The van der Waals surface area contributed by atoms with Gasteiger partial charge in [0.2, 0.25) is 0 Å². The van der Waals surface area contributed by atoms with E-state index in [0.717, 1.165) is 18.7 Å². The van der Waals surface area contributed by atoms with Crippen LogP contribution in [0.4, 0.5) is 0 Å². The van der Waals surface area contributed by atoms with Crippen molar-refractivity contribution in [1.29, 1.82) is 0 Å². The van der Waals surface area contributed by atoms with Gasteiger partial charge in [-0.05, 0) is 63.2 Å². The molecule has 202 valence electrons. The van der Waals surface area contributed by atoms with Crippen LogP contribution in [0.3, 0.4) is 0 Å². The fourth-order valence-electron chi connectivity index (χ4n) is 5.05. The number of aliphatic hydroxyl groups excluding tert-OH is 1. The number of aryl methyl sites for hydroxylation is 2. The first-order valence-corrected chi connectivity index (χ1v) is 13.0. The van der Waals surface area contributed by atoms with Gasteiger partial charge in [-0.3, -0.25) is 9.59 Å². The van der Waals surface area contributed by atoms with E-state index in [1.54, 1.807) is 19.2 Å². The molecule has 0 radical (unpaired) electrons. The van der Waals surface area contributed by atoms with Gasteiger partial charge in [-0.15, -0.1) is 0 Å². The van der Waals surface area contributed by atoms with Crippen LogP contribution in [0.1, 0.15) is 49.3 Å². The molecule has 4 rings (SSSR count). The third-order valence-corrected chi connectivity index (χ3v) is 7.20. The second-order valence-corrected chi connectivity index (χ2v) is 9.29. The Hall–Kier alpha value is -3.85. The van der Waals surface area contributed by atoms with Gasteiger partial charge in [0.15, 0.2) is 17.3 Å². The Morgan fingerprint density at radius 1 is 1.11 bits per heavy atom. The van der Waals surface area contributed by atoms with Gasteiger partial charge < -0.3 is 28.8 Å². The fraction of sp³-hybridized carbons (Fsp3) is 0.414. The fourth-order valence-corrected chi connectivity index (χ4v) is 5.05. The second kappa shape index (κ2) is 11.3. The molecule has 3 aromatic rings. The number of ether oxygens (including phenoxy) is 2. The third-order valence-electron chi connectivity index (χ3n) is 7.20. The van der Waals surface area contributed by atoms with Gasteiger partial charge in [0.05, 0.1) is 31.0 Å². The molecule has 1 atom stereocenters. The molecule has 1 aliphatic rings. The first kappa shape index (κ1) is 27.2. The number of Topliss-reactive ketones (excluding diaryl/α,β-unsaturated/α-hetero) is 1. The van der Waals surface area contributed by atoms with Gasteiger partial charge in [-0.2, -0.15) is 0 Å². The predicted molar refractivity (Wildman–Crippen MR) is 146 cm³/mol. The van der Waals surface area contributed by atoms with Crippen molar-refractivity contribution in [3.8, 4) is 11.5 Å². The van der Waals surface area contributed by atoms with Gasteiger partial charge in [0, 0.05) is 19.3 Å². The van der Waals surface area contributed by atoms with Crippen molar-refractivity contribution >= 4 is 23.1 Å². The number of benzene rings is 1. The highest BCUT2D eigenvalue weighted by atomic mass is 16.5. The number of likely N-dealkylation sites (N-methyl/N-ethyl adjacent to an activating group) is 1. The highest BCUT2D eigenvalue weighted by molar-refractivity contribution is 6.46. The lowest BCUT2D eigenvalue weighted by atomic mass is 9.96. The number of pyridine rings is 1. The summed E-state index contributed by atoms with van der Waals surface area (Å²) in [6, 6.07) is 8.37. The van der Waals surface area contributed by atoms with E-state index in [4.69, 9.17) is 9.47 Å². The summed E-state index contributed by atoms with van der Waals surface area (Å²) in [5.74, 6) is -0.613. The number of rotatable bonds is 10. The monoisotopic (exact) mass is 520 g/mol. The van der Waals surface area contributed by atoms with E-state index in [-0.39, 0.29) is 17.0 Å². The lowest BCUT2D eigenvalue weighted by Gasteiger charge is -2.28. The van der Waals surface area contributed by atoms with Crippen LogP contribution in [-0.4, -0.2) is 75.9 Å². The zero-order valence-electron chi connectivity index (χ0n) is 22.9. The molecule has 0 aliphatic carbocycles. The van der Waals surface area contributed by atoms with Crippen LogP contribution in [0.2, 0.25) is 0 Å². The van der Waals surface area contributed by atoms with Crippen LogP contribution < -0.4 is 9.47 Å². The van der Waals surface area contributed by atoms with Gasteiger partial charge in [0.25, 0.3) is 11.7 Å². The van der Waals surface area contributed by atoms with Crippen LogP contribution in [0.15, 0.2) is 42.1 Å². The van der Waals surface area contributed by atoms with Crippen LogP contribution in [0.25, 0.3) is 11.4 Å². The molecule has 1 amide bonds. The average molecular weight is 521 g/mol. The van der Waals surface area contributed by atoms with Gasteiger partial charge in [-0.25, -0.2) is 4.98 Å². The summed E-state index contributed by atoms with van der Waals surface area (Å²) in [6.07, 6.45) is 1.86. The first-order valence-electron chi connectivity index (χ1n) is 13.0. The summed E-state index contributed by atoms with van der Waals surface area (Å²) in [5.41, 5.74) is 3.24. The third kappa shape index (κ3) is 4.74. The molecule has 1 unspecified atom stereocenters. The highest BCUT2D eigenvalue weighted by Gasteiger charge is 2.46. The number of aliphatic hydroxyl groups is 1. The number of carbonyl (C=O) groups is 2. The van der Waals surface area contributed by atoms with E-state index in [1.807, 2.05) is 49.6 Å². The SMILES string of the molecule is CCOc1ccc(C2C(=C(O)c3nc4c(C)cccn4c3C)C(=O)C(=O)N2CCN(CC)CC)cc1OC. The topological polar surface area (TPSA) is 96.6 Å². The molecule has 38 heavy (non-hydrogen) atoms. The maximum Gasteiger partial charge on any atom is 0.295 e. The summed E-state index contributed by atoms with van der Waals surface area (Å²) in [7, 11) is 1.54. The van der Waals surface area contributed by atoms with E-state index < -0.39 is 17.7 Å². The van der Waals surface area contributed by atoms with Crippen molar-refractivity contribution in [2.75, 3.05) is 39.9 Å². The van der Waals surface area contributed by atoms with E-state index in [9.17, 15) is 14.7 Å². The molecule has 1 N–H and O–H groups in total. The maximum atomic E-state index is 13.5. The Labute approximate surface area is 223 Å². The summed E-state index contributed by atoms with van der Waals surface area (Å²) in [5, 5.41) is 11.6. The van der Waals surface area contributed by atoms with E-state index in [0.29, 0.717) is 48.1 Å². The smallest absolute Gasteiger partial charge is 0.295 e. The average Bonchev–Trinajstić information content (AvgIpc) is 3.39. The maximum absolute atomic E-state index is 13.5. The Bertz CT molecular complexity index is 1390. The number of hydrogen-bond acceptors (Lipinski definition) is 7. The number of carbonyl (C=O) groups excluding carboxylic acids is 2. The summed E-state index contributed by atoms with van der Waals surface area (Å²) >= 11 is 0. The molecule has 0 saturated carbocycles. The number of likely N-dealkylation sites (tertiary alicyclic amines) is 1. The van der Waals surface area contributed by atoms with Crippen LogP contribution in [-0.2, 0) is 9.59 Å². The standard InChI is InChI=1S/C29H36N4O5/c1-7-31(8-2)15-16-33-25(20-12-13-21(38-9-3)22(17-20)37-6)23(27(35)29(33)36)26(34)24-19(5)32-14-10-11-18(4)28(32)30-24/h10-14,17,25,34H,7-9,15-16H2,1-6H3. The summed E-state index contributed by atoms with van der Waals surface area (Å²) in [6.45, 7) is 12.8. The number of fused-ring (bicyclic) bond motifs is 1. The zero-order chi connectivity index (χ0) is 27.6. The van der Waals surface area contributed by atoms with Crippen molar-refractivity contribution < 1.29 is 24.2 Å². The zero-order valence-corrected chi connectivity index (χ0v) is 22.9. The predicted octanol–water partition coefficient (Wildman–Crippen LogP) is 4.12. The molecule has 3 heterocycles. The minimum absolute atomic E-state index is 0.0184. The first-order chi connectivity index (χ1) is 18.3. The molecule has 1 aliphatic heterocycles. The minimum Gasteiger partial charge on any atom is -0.505 e. The van der Waals surface area contributed by atoms with Crippen molar-refractivity contribution in [3.05, 3.63) is 64.6 Å². The summed E-state index contributed by atoms with van der Waals surface area (Å²) < 4.78 is 13.1. The molecule has 9 heteroatoms. The second-order valence-electron chi connectivity index (χ2n) is 9.29. The Balaban J connectivity index is 1.90. The lowest BCUT2D eigenvalue weighted by molar-refractivity contribution is -0.140. The number of methoxy groups -OCH3 is 1. The van der Waals surface area contributed by atoms with Crippen molar-refractivity contribution in [2.45, 2.75) is 40.7 Å². The highest BCUT2D eigenvalue weighted by Crippen LogP contribution is 2.42. The van der Waals surface area contributed by atoms with Gasteiger partial charge in [0.1, 0.15) is 11.3 Å². The molecular formula is C29H36N4O5. The molecule has 0 bridgehead atoms. The Morgan fingerprint density at radius 2 is 1.84 bits per heavy atom. The number of hydrogen-bond donors (Lipinski definition) is 1. The molecule has 1 aromatic carbocycles. The van der Waals surface area contributed by atoms with E-state index in [2.05, 4.69) is 23.7 Å². The van der Waals surface area contributed by atoms with E-state index in [1.165, 1.54) is 4.90 Å². The van der Waals surface area contributed by atoms with Crippen molar-refractivity contribution in [2.24, 2.45) is 0 Å². The minimum atomic E-state index is -0.805. The lowest BCUT2D eigenvalue weighted by Crippen LogP contribution is -2.38. The Morgan fingerprint density at radius 3 is 2.47 bits per heavy atom. The van der Waals surface area contributed by atoms with Crippen LogP contribution >= 0.6 is 0 Å². The van der Waals surface area contributed by atoms with Crippen molar-refractivity contribution in [1.82, 2.24) is 19.2 Å². The van der Waals surface area contributed by atoms with E-state index >= 15 is 0 Å². The summed E-state index contributed by atoms with van der Waals surface area (Å²) in [4.78, 5) is 35.3. The molecule has 9 nitrogen and oxygen atoms in total. The van der Waals surface area contributed by atoms with Gasteiger partial charge >= 0.3 is 0 Å². The molecule has 1 saturated heterocycles. The quantitative estimate of drug-likeness (QED) is 0.244. The molecule has 1 fully saturated rings. The number of aromatic nitrogens is 2. The van der Waals surface area contributed by atoms with Crippen LogP contribution in [0.5, 0.6) is 11.5 Å². The molecular weight excluding hydrogens is 484 g/mol.